The number of amides is 4. The number of hydrogen-bond acceptors (Lipinski definition) is 5. The fraction of sp³-hybridized carbons (Fsp3) is 0.375. The first-order valence-electron chi connectivity index (χ1n) is 10.9. The fourth-order valence-electron chi connectivity index (χ4n) is 4.35. The Morgan fingerprint density at radius 3 is 2.70 bits per heavy atom. The average Bonchev–Trinajstić information content (AvgIpc) is 3.33. The lowest BCUT2D eigenvalue weighted by Gasteiger charge is -2.54. The highest BCUT2D eigenvalue weighted by Crippen LogP contribution is 2.26. The van der Waals surface area contributed by atoms with Gasteiger partial charge in [0, 0.05) is 18.0 Å². The largest absolute Gasteiger partial charge is 0.337 e. The maximum Gasteiger partial charge on any atom is 0.334 e. The van der Waals surface area contributed by atoms with Crippen molar-refractivity contribution in [3.05, 3.63) is 58.3 Å². The van der Waals surface area contributed by atoms with E-state index in [1.807, 2.05) is 47.8 Å². The van der Waals surface area contributed by atoms with E-state index in [4.69, 9.17) is 6.42 Å². The van der Waals surface area contributed by atoms with Crippen LogP contribution in [0, 0.1) is 12.3 Å². The first-order chi connectivity index (χ1) is 16.0. The molecule has 4 rings (SSSR count). The molecule has 9 heteroatoms. The lowest BCUT2D eigenvalue weighted by molar-refractivity contribution is -0.187. The standard InChI is InChI=1S/C24H27N5O3S/c1-3-12-27-17-22(30)28-18(2)23(31)26(13-11-20-10-7-14-33-20)16-21(28)29(27)24(32)25-15-19-8-5-4-6-9-19/h1,4-10,14,18,21H,11-13,15-17H2,2H3,(H,25,32)/t18-,21-/m0/s1. The number of nitrogens with zero attached hydrogens (tertiary/aromatic N) is 4. The molecular formula is C24H27N5O3S. The summed E-state index contributed by atoms with van der Waals surface area (Å²) < 4.78 is 0. The number of hydrogen-bond donors (Lipinski definition) is 1. The van der Waals surface area contributed by atoms with Crippen LogP contribution >= 0.6 is 11.3 Å². The van der Waals surface area contributed by atoms with Crippen LogP contribution in [0.3, 0.4) is 0 Å². The SMILES string of the molecule is C#CCN1CC(=O)N2[C@@H](C)C(=O)N(CCc3cccs3)C[C@@H]2N1C(=O)NCc1ccccc1. The third kappa shape index (κ3) is 4.87. The van der Waals surface area contributed by atoms with Crippen LogP contribution < -0.4 is 5.32 Å². The summed E-state index contributed by atoms with van der Waals surface area (Å²) in [6.07, 6.45) is 5.65. The van der Waals surface area contributed by atoms with Gasteiger partial charge in [-0.1, -0.05) is 42.3 Å². The van der Waals surface area contributed by atoms with Gasteiger partial charge >= 0.3 is 6.03 Å². The minimum Gasteiger partial charge on any atom is -0.337 e. The zero-order valence-electron chi connectivity index (χ0n) is 18.5. The number of thiophene rings is 1. The Morgan fingerprint density at radius 2 is 2.00 bits per heavy atom. The smallest absolute Gasteiger partial charge is 0.334 e. The predicted octanol–water partition coefficient (Wildman–Crippen LogP) is 1.75. The van der Waals surface area contributed by atoms with Crippen molar-refractivity contribution < 1.29 is 14.4 Å². The van der Waals surface area contributed by atoms with Gasteiger partial charge < -0.3 is 15.1 Å². The molecule has 1 N–H and O–H groups in total. The Kier molecular flexibility index (Phi) is 6.96. The van der Waals surface area contributed by atoms with Crippen molar-refractivity contribution >= 4 is 29.2 Å². The van der Waals surface area contributed by atoms with Crippen LogP contribution in [0.2, 0.25) is 0 Å². The molecule has 33 heavy (non-hydrogen) atoms. The van der Waals surface area contributed by atoms with E-state index in [2.05, 4.69) is 11.2 Å². The molecule has 2 aromatic rings. The highest BCUT2D eigenvalue weighted by molar-refractivity contribution is 7.09. The van der Waals surface area contributed by atoms with Crippen molar-refractivity contribution in [2.24, 2.45) is 0 Å². The van der Waals surface area contributed by atoms with Gasteiger partial charge in [-0.25, -0.2) is 9.80 Å². The van der Waals surface area contributed by atoms with E-state index in [1.165, 1.54) is 14.8 Å². The Bertz CT molecular complexity index is 1040. The van der Waals surface area contributed by atoms with Crippen molar-refractivity contribution in [1.82, 2.24) is 25.1 Å². The molecule has 4 amide bonds. The third-order valence-electron chi connectivity index (χ3n) is 5.96. The lowest BCUT2D eigenvalue weighted by atomic mass is 10.1. The molecule has 0 bridgehead atoms. The molecule has 1 aromatic carbocycles. The molecule has 2 fully saturated rings. The molecule has 2 aliphatic heterocycles. The predicted molar refractivity (Wildman–Crippen MR) is 126 cm³/mol. The molecule has 1 aromatic heterocycles. The van der Waals surface area contributed by atoms with Gasteiger partial charge in [-0.05, 0) is 30.4 Å². The van der Waals surface area contributed by atoms with Crippen molar-refractivity contribution in [1.29, 1.82) is 0 Å². The summed E-state index contributed by atoms with van der Waals surface area (Å²) in [4.78, 5) is 43.8. The molecular weight excluding hydrogens is 438 g/mol. The highest BCUT2D eigenvalue weighted by atomic mass is 32.1. The first kappa shape index (κ1) is 22.8. The van der Waals surface area contributed by atoms with E-state index in [1.54, 1.807) is 28.2 Å². The zero-order valence-corrected chi connectivity index (χ0v) is 19.3. The van der Waals surface area contributed by atoms with Crippen molar-refractivity contribution in [3.63, 3.8) is 0 Å². The second-order valence-electron chi connectivity index (χ2n) is 8.09. The van der Waals surface area contributed by atoms with Crippen LogP contribution in [-0.2, 0) is 22.6 Å². The number of carbonyl (C=O) groups is 3. The van der Waals surface area contributed by atoms with Crippen molar-refractivity contribution in [3.8, 4) is 12.3 Å². The van der Waals surface area contributed by atoms with E-state index in [-0.39, 0.29) is 37.5 Å². The summed E-state index contributed by atoms with van der Waals surface area (Å²) in [5.74, 6) is 2.23. The monoisotopic (exact) mass is 465 g/mol. The van der Waals surface area contributed by atoms with Crippen LogP contribution in [0.25, 0.3) is 0 Å². The van der Waals surface area contributed by atoms with Gasteiger partial charge in [0.25, 0.3) is 0 Å². The zero-order chi connectivity index (χ0) is 23.4. The number of nitrogens with one attached hydrogen (secondary N) is 1. The number of piperazine rings is 1. The van der Waals surface area contributed by atoms with Gasteiger partial charge in [0.15, 0.2) is 0 Å². The van der Waals surface area contributed by atoms with Gasteiger partial charge in [0.2, 0.25) is 11.8 Å². The summed E-state index contributed by atoms with van der Waals surface area (Å²) in [5, 5.41) is 8.05. The number of carbonyl (C=O) groups excluding carboxylic acids is 3. The van der Waals surface area contributed by atoms with Gasteiger partial charge in [-0.3, -0.25) is 9.59 Å². The van der Waals surface area contributed by atoms with E-state index < -0.39 is 12.2 Å². The summed E-state index contributed by atoms with van der Waals surface area (Å²) in [7, 11) is 0. The molecule has 3 heterocycles. The van der Waals surface area contributed by atoms with Gasteiger partial charge in [-0.2, -0.15) is 5.01 Å². The normalized spacial score (nSPS) is 21.0. The summed E-state index contributed by atoms with van der Waals surface area (Å²) >= 11 is 1.65. The Labute approximate surface area is 197 Å². The molecule has 8 nitrogen and oxygen atoms in total. The van der Waals surface area contributed by atoms with Crippen molar-refractivity contribution in [2.45, 2.75) is 32.1 Å². The van der Waals surface area contributed by atoms with E-state index in [0.717, 1.165) is 12.0 Å². The Balaban J connectivity index is 1.55. The van der Waals surface area contributed by atoms with E-state index in [9.17, 15) is 14.4 Å². The molecule has 0 aliphatic carbocycles. The maximum atomic E-state index is 13.3. The van der Waals surface area contributed by atoms with Crippen LogP contribution in [0.5, 0.6) is 0 Å². The van der Waals surface area contributed by atoms with E-state index >= 15 is 0 Å². The third-order valence-corrected chi connectivity index (χ3v) is 6.90. The number of urea groups is 1. The molecule has 0 spiro atoms. The quantitative estimate of drug-likeness (QED) is 0.660. The second kappa shape index (κ2) is 10.1. The van der Waals surface area contributed by atoms with Gasteiger partial charge in [0.05, 0.1) is 19.6 Å². The maximum absolute atomic E-state index is 13.3. The molecule has 2 aliphatic rings. The topological polar surface area (TPSA) is 76.2 Å². The number of terminal acetylenes is 1. The first-order valence-corrected chi connectivity index (χ1v) is 11.8. The summed E-state index contributed by atoms with van der Waals surface area (Å²) in [5.41, 5.74) is 0.962. The summed E-state index contributed by atoms with van der Waals surface area (Å²) in [6.45, 7) is 2.90. The summed E-state index contributed by atoms with van der Waals surface area (Å²) in [6, 6.07) is 12.6. The highest BCUT2D eigenvalue weighted by Gasteiger charge is 2.49. The Morgan fingerprint density at radius 1 is 1.21 bits per heavy atom. The number of hydrazine groups is 1. The lowest BCUT2D eigenvalue weighted by Crippen LogP contribution is -2.76. The number of rotatable bonds is 6. The Hall–Kier alpha value is -3.35. The molecule has 0 radical (unpaired) electrons. The second-order valence-corrected chi connectivity index (χ2v) is 9.12. The van der Waals surface area contributed by atoms with Gasteiger partial charge in [0.1, 0.15) is 12.2 Å². The number of benzene rings is 1. The number of fused-ring (bicyclic) bond motifs is 1. The van der Waals surface area contributed by atoms with Crippen LogP contribution in [-0.4, -0.2) is 76.0 Å². The molecule has 0 unspecified atom stereocenters. The molecule has 0 saturated carbocycles. The van der Waals surface area contributed by atoms with Crippen LogP contribution in [0.1, 0.15) is 17.4 Å². The minimum absolute atomic E-state index is 0.0493. The van der Waals surface area contributed by atoms with Crippen molar-refractivity contribution in [2.75, 3.05) is 26.2 Å². The average molecular weight is 466 g/mol. The minimum atomic E-state index is -0.656. The molecule has 2 atom stereocenters. The fourth-order valence-corrected chi connectivity index (χ4v) is 5.05. The molecule has 172 valence electrons. The van der Waals surface area contributed by atoms with E-state index in [0.29, 0.717) is 13.1 Å². The van der Waals surface area contributed by atoms with Gasteiger partial charge in [-0.15, -0.1) is 17.8 Å². The van der Waals surface area contributed by atoms with Crippen LogP contribution in [0.4, 0.5) is 4.79 Å². The van der Waals surface area contributed by atoms with Crippen LogP contribution in [0.15, 0.2) is 47.8 Å². The molecule has 2 saturated heterocycles.